The van der Waals surface area contributed by atoms with Gasteiger partial charge < -0.3 is 15.0 Å². The Morgan fingerprint density at radius 2 is 1.67 bits per heavy atom. The molecule has 30 heavy (non-hydrogen) atoms. The van der Waals surface area contributed by atoms with E-state index in [1.807, 2.05) is 51.1 Å². The zero-order chi connectivity index (χ0) is 22.3. The van der Waals surface area contributed by atoms with Gasteiger partial charge in [0.05, 0.1) is 23.6 Å². The Labute approximate surface area is 188 Å². The molecule has 0 aromatic heterocycles. The van der Waals surface area contributed by atoms with Gasteiger partial charge in [0.15, 0.2) is 0 Å². The lowest BCUT2D eigenvalue weighted by Gasteiger charge is -2.31. The zero-order valence-electron chi connectivity index (χ0n) is 17.7. The molecule has 2 aromatic rings. The van der Waals surface area contributed by atoms with Crippen molar-refractivity contribution in [2.45, 2.75) is 52.2 Å². The van der Waals surface area contributed by atoms with Crippen molar-refractivity contribution in [2.75, 3.05) is 7.11 Å². The van der Waals surface area contributed by atoms with Crippen LogP contribution in [-0.2, 0) is 22.6 Å². The predicted octanol–water partition coefficient (Wildman–Crippen LogP) is 4.88. The highest BCUT2D eigenvalue weighted by atomic mass is 35.5. The molecule has 0 aliphatic heterocycles. The Morgan fingerprint density at radius 3 is 2.20 bits per heavy atom. The second-order valence-corrected chi connectivity index (χ2v) is 8.20. The summed E-state index contributed by atoms with van der Waals surface area (Å²) in [6, 6.07) is 12.0. The number of methoxy groups -OCH3 is 1. The highest BCUT2D eigenvalue weighted by Gasteiger charge is 2.29. The van der Waals surface area contributed by atoms with E-state index in [1.165, 1.54) is 0 Å². The van der Waals surface area contributed by atoms with Crippen molar-refractivity contribution in [1.82, 2.24) is 10.2 Å². The molecule has 0 unspecified atom stereocenters. The molecular weight excluding hydrogens is 423 g/mol. The summed E-state index contributed by atoms with van der Waals surface area (Å²) in [6.07, 6.45) is 0.672. The first-order chi connectivity index (χ1) is 14.2. The lowest BCUT2D eigenvalue weighted by molar-refractivity contribution is -0.141. The van der Waals surface area contributed by atoms with E-state index in [2.05, 4.69) is 5.32 Å². The Hall–Kier alpha value is -2.24. The van der Waals surface area contributed by atoms with E-state index < -0.39 is 6.04 Å². The highest BCUT2D eigenvalue weighted by Crippen LogP contribution is 2.24. The maximum absolute atomic E-state index is 13.3. The molecule has 1 atom stereocenters. The van der Waals surface area contributed by atoms with Crippen LogP contribution in [0.3, 0.4) is 0 Å². The summed E-state index contributed by atoms with van der Waals surface area (Å²) in [6.45, 7) is 5.95. The largest absolute Gasteiger partial charge is 0.497 e. The fraction of sp³-hybridized carbons (Fsp3) is 0.391. The lowest BCUT2D eigenvalue weighted by atomic mass is 10.1. The molecular formula is C23H28Cl2N2O3. The predicted molar refractivity (Wildman–Crippen MR) is 121 cm³/mol. The number of carbonyl (C=O) groups is 2. The van der Waals surface area contributed by atoms with Gasteiger partial charge in [-0.3, -0.25) is 9.59 Å². The van der Waals surface area contributed by atoms with Crippen LogP contribution >= 0.6 is 23.2 Å². The van der Waals surface area contributed by atoms with Crippen LogP contribution in [0, 0.1) is 0 Å². The van der Waals surface area contributed by atoms with E-state index in [9.17, 15) is 9.59 Å². The number of hydrogen-bond donors (Lipinski definition) is 1. The molecule has 2 amide bonds. The van der Waals surface area contributed by atoms with E-state index in [-0.39, 0.29) is 30.8 Å². The minimum absolute atomic E-state index is 0.0185. The summed E-state index contributed by atoms with van der Waals surface area (Å²) in [5.74, 6) is 0.411. The Bertz CT molecular complexity index is 869. The Morgan fingerprint density at radius 1 is 1.03 bits per heavy atom. The Balaban J connectivity index is 2.30. The molecule has 5 nitrogen and oxygen atoms in total. The van der Waals surface area contributed by atoms with Crippen LogP contribution in [0.5, 0.6) is 5.75 Å². The molecule has 0 heterocycles. The summed E-state index contributed by atoms with van der Waals surface area (Å²) < 4.78 is 5.17. The van der Waals surface area contributed by atoms with E-state index >= 15 is 0 Å². The van der Waals surface area contributed by atoms with Crippen molar-refractivity contribution in [1.29, 1.82) is 0 Å². The monoisotopic (exact) mass is 450 g/mol. The molecule has 7 heteroatoms. The molecule has 0 saturated carbocycles. The summed E-state index contributed by atoms with van der Waals surface area (Å²) >= 11 is 12.2. The van der Waals surface area contributed by atoms with Gasteiger partial charge in [0.1, 0.15) is 11.8 Å². The smallest absolute Gasteiger partial charge is 0.243 e. The van der Waals surface area contributed by atoms with Crippen molar-refractivity contribution in [2.24, 2.45) is 0 Å². The Kier molecular flexibility index (Phi) is 9.00. The van der Waals surface area contributed by atoms with Gasteiger partial charge in [-0.05, 0) is 55.7 Å². The molecule has 1 N–H and O–H groups in total. The summed E-state index contributed by atoms with van der Waals surface area (Å²) in [5.41, 5.74) is 1.65. The molecule has 2 aromatic carbocycles. The zero-order valence-corrected chi connectivity index (χ0v) is 19.3. The van der Waals surface area contributed by atoms with Crippen LogP contribution in [0.25, 0.3) is 0 Å². The normalized spacial score (nSPS) is 11.8. The summed E-state index contributed by atoms with van der Waals surface area (Å²) in [5, 5.41) is 3.78. The summed E-state index contributed by atoms with van der Waals surface area (Å²) in [7, 11) is 1.60. The molecule has 0 aliphatic carbocycles. The van der Waals surface area contributed by atoms with Crippen molar-refractivity contribution >= 4 is 35.0 Å². The number of amides is 2. The molecule has 0 fully saturated rings. The number of rotatable bonds is 9. The number of carbonyl (C=O) groups excluding carboxylic acids is 2. The maximum atomic E-state index is 13.3. The first kappa shape index (κ1) is 24.0. The molecule has 0 bridgehead atoms. The van der Waals surface area contributed by atoms with E-state index in [4.69, 9.17) is 27.9 Å². The van der Waals surface area contributed by atoms with Gasteiger partial charge >= 0.3 is 0 Å². The number of hydrogen-bond acceptors (Lipinski definition) is 3. The van der Waals surface area contributed by atoms with Crippen LogP contribution in [0.15, 0.2) is 42.5 Å². The molecule has 0 radical (unpaired) electrons. The van der Waals surface area contributed by atoms with Gasteiger partial charge in [0.25, 0.3) is 0 Å². The quantitative estimate of drug-likeness (QED) is 0.592. The third-order valence-electron chi connectivity index (χ3n) is 4.67. The van der Waals surface area contributed by atoms with Crippen LogP contribution in [0.1, 0.15) is 38.3 Å². The summed E-state index contributed by atoms with van der Waals surface area (Å²) in [4.78, 5) is 27.7. The van der Waals surface area contributed by atoms with Crippen molar-refractivity contribution in [3.8, 4) is 5.75 Å². The van der Waals surface area contributed by atoms with Crippen LogP contribution in [0.2, 0.25) is 10.0 Å². The topological polar surface area (TPSA) is 58.6 Å². The van der Waals surface area contributed by atoms with Gasteiger partial charge in [0.2, 0.25) is 11.8 Å². The van der Waals surface area contributed by atoms with E-state index in [0.717, 1.165) is 16.9 Å². The number of ether oxygens (including phenoxy) is 1. The van der Waals surface area contributed by atoms with E-state index in [0.29, 0.717) is 16.5 Å². The van der Waals surface area contributed by atoms with Crippen molar-refractivity contribution in [3.63, 3.8) is 0 Å². The average Bonchev–Trinajstić information content (AvgIpc) is 2.70. The molecule has 0 spiro atoms. The van der Waals surface area contributed by atoms with Crippen molar-refractivity contribution in [3.05, 3.63) is 63.6 Å². The standard InChI is InChI=1S/C23H28Cl2N2O3/c1-5-21(23(29)26-15(2)3)27(14-17-8-11-19(24)20(25)12-17)22(28)13-16-6-9-18(30-4)10-7-16/h6-12,15,21H,5,13-14H2,1-4H3,(H,26,29)/t21-/m1/s1. The van der Waals surface area contributed by atoms with Crippen molar-refractivity contribution < 1.29 is 14.3 Å². The second-order valence-electron chi connectivity index (χ2n) is 7.38. The first-order valence-electron chi connectivity index (χ1n) is 9.91. The van der Waals surface area contributed by atoms with Gasteiger partial charge in [0, 0.05) is 12.6 Å². The number of halogens is 2. The van der Waals surface area contributed by atoms with Crippen LogP contribution < -0.4 is 10.1 Å². The minimum Gasteiger partial charge on any atom is -0.497 e. The SMILES string of the molecule is CC[C@H](C(=O)NC(C)C)N(Cc1ccc(Cl)c(Cl)c1)C(=O)Cc1ccc(OC)cc1. The van der Waals surface area contributed by atoms with Crippen LogP contribution in [-0.4, -0.2) is 35.9 Å². The number of benzene rings is 2. The first-order valence-corrected chi connectivity index (χ1v) is 10.7. The lowest BCUT2D eigenvalue weighted by Crippen LogP contribution is -2.50. The molecule has 2 rings (SSSR count). The maximum Gasteiger partial charge on any atom is 0.243 e. The van der Waals surface area contributed by atoms with Crippen LogP contribution in [0.4, 0.5) is 0 Å². The molecule has 0 aliphatic rings. The number of nitrogens with one attached hydrogen (secondary N) is 1. The minimum atomic E-state index is -0.590. The van der Waals surface area contributed by atoms with E-state index in [1.54, 1.807) is 24.1 Å². The molecule has 162 valence electrons. The fourth-order valence-corrected chi connectivity index (χ4v) is 3.48. The van der Waals surface area contributed by atoms with Gasteiger partial charge in [-0.15, -0.1) is 0 Å². The van der Waals surface area contributed by atoms with Gasteiger partial charge in [-0.25, -0.2) is 0 Å². The average molecular weight is 451 g/mol. The second kappa shape index (κ2) is 11.2. The third kappa shape index (κ3) is 6.64. The third-order valence-corrected chi connectivity index (χ3v) is 5.41. The molecule has 0 saturated heterocycles. The van der Waals surface area contributed by atoms with Gasteiger partial charge in [-0.2, -0.15) is 0 Å². The van der Waals surface area contributed by atoms with Gasteiger partial charge in [-0.1, -0.05) is 48.3 Å². The fourth-order valence-electron chi connectivity index (χ4n) is 3.15. The number of nitrogens with zero attached hydrogens (tertiary/aromatic N) is 1. The highest BCUT2D eigenvalue weighted by molar-refractivity contribution is 6.42.